The second-order valence-corrected chi connectivity index (χ2v) is 3.35. The summed E-state index contributed by atoms with van der Waals surface area (Å²) in [5.41, 5.74) is -0.988. The monoisotopic (exact) mass is 122 g/mol. The summed E-state index contributed by atoms with van der Waals surface area (Å²) in [6.45, 7) is 4.99. The van der Waals surface area contributed by atoms with Crippen LogP contribution < -0.4 is 0 Å². The largest absolute Gasteiger partial charge is 0.244 e. The van der Waals surface area contributed by atoms with Gasteiger partial charge in [0.05, 0.1) is 0 Å². The maximum absolute atomic E-state index is 12.5. The molecule has 0 fully saturated rings. The number of halogens is 1. The van der Waals surface area contributed by atoms with E-state index in [-0.39, 0.29) is 5.66 Å². The van der Waals surface area contributed by atoms with Gasteiger partial charge in [0.25, 0.3) is 0 Å². The molecule has 0 N–H and O–H groups in total. The predicted octanol–water partition coefficient (Wildman–Crippen LogP) is 2.00. The Morgan fingerprint density at radius 3 is 1.71 bits per heavy atom. The molecule has 0 aromatic carbocycles. The van der Waals surface area contributed by atoms with Crippen LogP contribution in [0.2, 0.25) is 0 Å². The van der Waals surface area contributed by atoms with Crippen molar-refractivity contribution < 1.29 is 4.39 Å². The van der Waals surface area contributed by atoms with Crippen LogP contribution in [0.3, 0.4) is 0 Å². The maximum atomic E-state index is 12.5. The molecule has 0 nitrogen and oxygen atoms in total. The lowest BCUT2D eigenvalue weighted by molar-refractivity contribution is 0.218. The van der Waals surface area contributed by atoms with Crippen LogP contribution in [0.15, 0.2) is 0 Å². The lowest BCUT2D eigenvalue weighted by Crippen LogP contribution is -2.22. The summed E-state index contributed by atoms with van der Waals surface area (Å²) in [5, 5.41) is 0. The van der Waals surface area contributed by atoms with Gasteiger partial charge in [-0.25, -0.2) is 4.39 Å². The van der Waals surface area contributed by atoms with Crippen molar-refractivity contribution in [2.45, 2.75) is 32.1 Å². The van der Waals surface area contributed by atoms with Gasteiger partial charge in [0.15, 0.2) is 0 Å². The average Bonchev–Trinajstić information content (AvgIpc) is 1.31. The molecule has 0 aliphatic carbocycles. The Morgan fingerprint density at radius 1 is 1.57 bits per heavy atom. The van der Waals surface area contributed by atoms with Crippen molar-refractivity contribution >= 4 is 9.24 Å². The summed E-state index contributed by atoms with van der Waals surface area (Å²) in [7, 11) is 2.43. The zero-order valence-corrected chi connectivity index (χ0v) is 6.19. The van der Waals surface area contributed by atoms with E-state index in [0.717, 1.165) is 0 Å². The van der Waals surface area contributed by atoms with E-state index in [1.54, 1.807) is 13.8 Å². The lowest BCUT2D eigenvalue weighted by Gasteiger charge is -2.17. The third kappa shape index (κ3) is 2.99. The summed E-state index contributed by atoms with van der Waals surface area (Å²) in [4.78, 5) is 0. The molecule has 0 rings (SSSR count). The third-order valence-corrected chi connectivity index (χ3v) is 1.88. The van der Waals surface area contributed by atoms with Crippen LogP contribution in [-0.4, -0.2) is 11.3 Å². The smallest absolute Gasteiger partial charge is 0.111 e. The van der Waals surface area contributed by atoms with Crippen molar-refractivity contribution in [3.05, 3.63) is 0 Å². The third-order valence-electron chi connectivity index (χ3n) is 1.08. The fourth-order valence-electron chi connectivity index (χ4n) is 0. The Balaban J connectivity index is 3.54. The van der Waals surface area contributed by atoms with Gasteiger partial charge in [0.2, 0.25) is 0 Å². The SMILES string of the molecule is CC(P)C(C)(C)F. The highest BCUT2D eigenvalue weighted by atomic mass is 31.0. The van der Waals surface area contributed by atoms with Crippen molar-refractivity contribution in [3.63, 3.8) is 0 Å². The van der Waals surface area contributed by atoms with Crippen LogP contribution in [0.1, 0.15) is 20.8 Å². The first-order chi connectivity index (χ1) is 2.94. The average molecular weight is 122 g/mol. The van der Waals surface area contributed by atoms with E-state index in [1.165, 1.54) is 0 Å². The highest BCUT2D eigenvalue weighted by Gasteiger charge is 2.19. The number of hydrogen-bond acceptors (Lipinski definition) is 0. The van der Waals surface area contributed by atoms with Crippen molar-refractivity contribution in [1.29, 1.82) is 0 Å². The molecule has 0 aliphatic rings. The highest BCUT2D eigenvalue weighted by Crippen LogP contribution is 2.20. The van der Waals surface area contributed by atoms with Crippen molar-refractivity contribution in [2.24, 2.45) is 0 Å². The standard InChI is InChI=1S/C5H12FP/c1-4(7)5(2,3)6/h4H,7H2,1-3H3. The van der Waals surface area contributed by atoms with E-state index < -0.39 is 5.67 Å². The molecule has 0 radical (unpaired) electrons. The van der Waals surface area contributed by atoms with Crippen LogP contribution in [0.4, 0.5) is 4.39 Å². The van der Waals surface area contributed by atoms with E-state index in [1.807, 2.05) is 6.92 Å². The van der Waals surface area contributed by atoms with Crippen molar-refractivity contribution in [2.75, 3.05) is 0 Å². The Hall–Kier alpha value is 0.360. The van der Waals surface area contributed by atoms with E-state index in [4.69, 9.17) is 0 Å². The van der Waals surface area contributed by atoms with Crippen LogP contribution in [0.5, 0.6) is 0 Å². The van der Waals surface area contributed by atoms with Gasteiger partial charge >= 0.3 is 0 Å². The fourth-order valence-corrected chi connectivity index (χ4v) is 0. The normalized spacial score (nSPS) is 16.7. The molecule has 0 aliphatic heterocycles. The fraction of sp³-hybridized carbons (Fsp3) is 1.00. The molecule has 2 unspecified atom stereocenters. The van der Waals surface area contributed by atoms with Gasteiger partial charge < -0.3 is 0 Å². The Morgan fingerprint density at radius 2 is 1.71 bits per heavy atom. The molecule has 0 aromatic heterocycles. The minimum Gasteiger partial charge on any atom is -0.244 e. The van der Waals surface area contributed by atoms with Crippen LogP contribution in [0.25, 0.3) is 0 Å². The zero-order valence-electron chi connectivity index (χ0n) is 5.03. The molecule has 7 heavy (non-hydrogen) atoms. The molecule has 0 aromatic rings. The van der Waals surface area contributed by atoms with Crippen LogP contribution >= 0.6 is 9.24 Å². The topological polar surface area (TPSA) is 0 Å². The number of hydrogen-bond donors (Lipinski definition) is 0. The second kappa shape index (κ2) is 2.09. The molecule has 0 amide bonds. The number of rotatable bonds is 1. The zero-order chi connectivity index (χ0) is 6.08. The van der Waals surface area contributed by atoms with E-state index >= 15 is 0 Å². The lowest BCUT2D eigenvalue weighted by atomic mass is 10.1. The second-order valence-electron chi connectivity index (χ2n) is 2.35. The molecule has 0 saturated heterocycles. The van der Waals surface area contributed by atoms with E-state index in [0.29, 0.717) is 0 Å². The van der Waals surface area contributed by atoms with Gasteiger partial charge in [-0.15, -0.1) is 9.24 Å². The molecule has 0 heterocycles. The van der Waals surface area contributed by atoms with Gasteiger partial charge in [0.1, 0.15) is 5.67 Å². The number of alkyl halides is 1. The molecule has 2 atom stereocenters. The first-order valence-corrected chi connectivity index (χ1v) is 3.06. The molecular weight excluding hydrogens is 110 g/mol. The van der Waals surface area contributed by atoms with Crippen molar-refractivity contribution in [1.82, 2.24) is 0 Å². The van der Waals surface area contributed by atoms with Crippen LogP contribution in [-0.2, 0) is 0 Å². The maximum Gasteiger partial charge on any atom is 0.111 e. The van der Waals surface area contributed by atoms with Crippen molar-refractivity contribution in [3.8, 4) is 0 Å². The minimum absolute atomic E-state index is 0.0486. The summed E-state index contributed by atoms with van der Waals surface area (Å²) < 4.78 is 12.5. The Kier molecular flexibility index (Phi) is 2.19. The van der Waals surface area contributed by atoms with Gasteiger partial charge in [-0.05, 0) is 13.8 Å². The first kappa shape index (κ1) is 7.36. The quantitative estimate of drug-likeness (QED) is 0.466. The minimum atomic E-state index is -1.04. The molecule has 0 spiro atoms. The van der Waals surface area contributed by atoms with Crippen LogP contribution in [0, 0.1) is 0 Å². The molecular formula is C5H12FP. The van der Waals surface area contributed by atoms with Gasteiger partial charge in [-0.2, -0.15) is 0 Å². The van der Waals surface area contributed by atoms with E-state index in [2.05, 4.69) is 9.24 Å². The van der Waals surface area contributed by atoms with Gasteiger partial charge in [-0.1, -0.05) is 6.92 Å². The first-order valence-electron chi connectivity index (χ1n) is 2.39. The molecule has 0 saturated carbocycles. The molecule has 44 valence electrons. The Labute approximate surface area is 46.7 Å². The summed E-state index contributed by atoms with van der Waals surface area (Å²) in [5.74, 6) is 0. The predicted molar refractivity (Wildman–Crippen MR) is 34.4 cm³/mol. The highest BCUT2D eigenvalue weighted by molar-refractivity contribution is 7.17. The summed E-state index contributed by atoms with van der Waals surface area (Å²) in [6.07, 6.45) is 0. The molecule has 2 heteroatoms. The van der Waals surface area contributed by atoms with Gasteiger partial charge in [-0.3, -0.25) is 0 Å². The Bertz CT molecular complexity index is 53.6. The summed E-state index contributed by atoms with van der Waals surface area (Å²) in [6, 6.07) is 0. The van der Waals surface area contributed by atoms with Gasteiger partial charge in [0, 0.05) is 5.66 Å². The summed E-state index contributed by atoms with van der Waals surface area (Å²) >= 11 is 0. The molecule has 0 bridgehead atoms. The van der Waals surface area contributed by atoms with E-state index in [9.17, 15) is 4.39 Å².